The topological polar surface area (TPSA) is 39.1 Å². The van der Waals surface area contributed by atoms with E-state index in [2.05, 4.69) is 21.8 Å². The highest BCUT2D eigenvalue weighted by Gasteiger charge is 2.15. The number of hydrogen-bond donors (Lipinski definition) is 1. The number of nitrogens with one attached hydrogen (secondary N) is 1. The molecule has 2 aromatic rings. The minimum Gasteiger partial charge on any atom is -0.494 e. The number of methoxy groups -OCH3 is 1. The van der Waals surface area contributed by atoms with Gasteiger partial charge in [0.15, 0.2) is 11.6 Å². The van der Waals surface area contributed by atoms with Crippen LogP contribution in [0.25, 0.3) is 0 Å². The molecule has 0 fully saturated rings. The lowest BCUT2D eigenvalue weighted by Crippen LogP contribution is -2.21. The van der Waals surface area contributed by atoms with E-state index in [1.807, 2.05) is 25.5 Å². The van der Waals surface area contributed by atoms with Gasteiger partial charge in [-0.2, -0.15) is 0 Å². The van der Waals surface area contributed by atoms with Crippen LogP contribution in [0.5, 0.6) is 5.75 Å². The van der Waals surface area contributed by atoms with Crippen molar-refractivity contribution in [2.45, 2.75) is 32.4 Å². The molecular formula is C16H22FN3O. The SMILES string of the molecule is CCCn1ccnc1CC(NC)c1ccc(OC)c(F)c1. The van der Waals surface area contributed by atoms with E-state index < -0.39 is 0 Å². The third kappa shape index (κ3) is 3.61. The highest BCUT2D eigenvalue weighted by molar-refractivity contribution is 5.31. The Morgan fingerprint density at radius 2 is 2.24 bits per heavy atom. The average molecular weight is 291 g/mol. The molecule has 2 rings (SSSR count). The highest BCUT2D eigenvalue weighted by atomic mass is 19.1. The third-order valence-corrected chi connectivity index (χ3v) is 3.58. The predicted octanol–water partition coefficient (Wildman–Crippen LogP) is 2.94. The van der Waals surface area contributed by atoms with Gasteiger partial charge in [0.05, 0.1) is 7.11 Å². The number of imidazole rings is 1. The van der Waals surface area contributed by atoms with Gasteiger partial charge in [-0.05, 0) is 31.2 Å². The Balaban J connectivity index is 2.19. The summed E-state index contributed by atoms with van der Waals surface area (Å²) in [6.45, 7) is 3.08. The van der Waals surface area contributed by atoms with E-state index in [-0.39, 0.29) is 17.6 Å². The lowest BCUT2D eigenvalue weighted by Gasteiger charge is -2.18. The second-order valence-corrected chi connectivity index (χ2v) is 4.98. The number of aryl methyl sites for hydroxylation is 1. The molecule has 0 amide bonds. The van der Waals surface area contributed by atoms with Crippen molar-refractivity contribution < 1.29 is 9.13 Å². The standard InChI is InChI=1S/C16H22FN3O/c1-4-8-20-9-7-19-16(20)11-14(18-2)12-5-6-15(21-3)13(17)10-12/h5-7,9-10,14,18H,4,8,11H2,1-3H3. The Hall–Kier alpha value is -1.88. The summed E-state index contributed by atoms with van der Waals surface area (Å²) >= 11 is 0. The Morgan fingerprint density at radius 1 is 1.43 bits per heavy atom. The van der Waals surface area contributed by atoms with Gasteiger partial charge in [-0.25, -0.2) is 9.37 Å². The van der Waals surface area contributed by atoms with Crippen LogP contribution in [0.15, 0.2) is 30.6 Å². The zero-order valence-electron chi connectivity index (χ0n) is 12.8. The fourth-order valence-electron chi connectivity index (χ4n) is 2.44. The van der Waals surface area contributed by atoms with Crippen LogP contribution >= 0.6 is 0 Å². The van der Waals surface area contributed by atoms with Crippen molar-refractivity contribution >= 4 is 0 Å². The van der Waals surface area contributed by atoms with Crippen LogP contribution in [0.4, 0.5) is 4.39 Å². The lowest BCUT2D eigenvalue weighted by molar-refractivity contribution is 0.385. The van der Waals surface area contributed by atoms with Crippen LogP contribution in [0.1, 0.15) is 30.8 Å². The number of rotatable bonds is 7. The molecular weight excluding hydrogens is 269 g/mol. The molecule has 4 nitrogen and oxygen atoms in total. The summed E-state index contributed by atoms with van der Waals surface area (Å²) < 4.78 is 21.0. The van der Waals surface area contributed by atoms with Crippen LogP contribution in [-0.2, 0) is 13.0 Å². The molecule has 0 saturated carbocycles. The summed E-state index contributed by atoms with van der Waals surface area (Å²) in [6, 6.07) is 5.08. The average Bonchev–Trinajstić information content (AvgIpc) is 2.92. The van der Waals surface area contributed by atoms with Gasteiger partial charge in [-0.15, -0.1) is 0 Å². The van der Waals surface area contributed by atoms with Crippen LogP contribution in [0.2, 0.25) is 0 Å². The molecule has 0 bridgehead atoms. The normalized spacial score (nSPS) is 12.4. The van der Waals surface area contributed by atoms with Crippen LogP contribution in [0, 0.1) is 5.82 Å². The minimum atomic E-state index is -0.341. The van der Waals surface area contributed by atoms with E-state index in [1.54, 1.807) is 6.07 Å². The fourth-order valence-corrected chi connectivity index (χ4v) is 2.44. The Morgan fingerprint density at radius 3 is 2.86 bits per heavy atom. The Kier molecular flexibility index (Phi) is 5.33. The van der Waals surface area contributed by atoms with Gasteiger partial charge in [0, 0.05) is 31.4 Å². The zero-order chi connectivity index (χ0) is 15.2. The molecule has 1 aromatic carbocycles. The first-order valence-electron chi connectivity index (χ1n) is 7.20. The summed E-state index contributed by atoms with van der Waals surface area (Å²) in [4.78, 5) is 4.41. The number of halogens is 1. The van der Waals surface area contributed by atoms with E-state index in [0.717, 1.165) is 30.8 Å². The molecule has 114 valence electrons. The van der Waals surface area contributed by atoms with Crippen molar-refractivity contribution in [2.75, 3.05) is 14.2 Å². The van der Waals surface area contributed by atoms with E-state index in [4.69, 9.17) is 4.74 Å². The van der Waals surface area contributed by atoms with Crippen molar-refractivity contribution in [2.24, 2.45) is 0 Å². The van der Waals surface area contributed by atoms with Gasteiger partial charge < -0.3 is 14.6 Å². The molecule has 1 aromatic heterocycles. The highest BCUT2D eigenvalue weighted by Crippen LogP contribution is 2.23. The first-order chi connectivity index (χ1) is 10.2. The molecule has 1 unspecified atom stereocenters. The molecule has 5 heteroatoms. The van der Waals surface area contributed by atoms with E-state index in [0.29, 0.717) is 0 Å². The zero-order valence-corrected chi connectivity index (χ0v) is 12.8. The maximum absolute atomic E-state index is 13.9. The third-order valence-electron chi connectivity index (χ3n) is 3.58. The van der Waals surface area contributed by atoms with Gasteiger partial charge in [0.2, 0.25) is 0 Å². The van der Waals surface area contributed by atoms with Crippen molar-refractivity contribution in [3.63, 3.8) is 0 Å². The van der Waals surface area contributed by atoms with Crippen molar-refractivity contribution in [3.8, 4) is 5.75 Å². The van der Waals surface area contributed by atoms with Gasteiger partial charge in [0.25, 0.3) is 0 Å². The second-order valence-electron chi connectivity index (χ2n) is 4.98. The van der Waals surface area contributed by atoms with Crippen LogP contribution in [-0.4, -0.2) is 23.7 Å². The molecule has 0 saturated heterocycles. The monoisotopic (exact) mass is 291 g/mol. The van der Waals surface area contributed by atoms with Crippen LogP contribution in [0.3, 0.4) is 0 Å². The molecule has 0 aliphatic rings. The maximum atomic E-state index is 13.9. The maximum Gasteiger partial charge on any atom is 0.165 e. The Labute approximate surface area is 125 Å². The summed E-state index contributed by atoms with van der Waals surface area (Å²) in [5, 5.41) is 3.23. The first-order valence-corrected chi connectivity index (χ1v) is 7.20. The number of aromatic nitrogens is 2. The molecule has 1 heterocycles. The number of benzene rings is 1. The van der Waals surface area contributed by atoms with Crippen molar-refractivity contribution in [3.05, 3.63) is 47.8 Å². The lowest BCUT2D eigenvalue weighted by atomic mass is 10.0. The predicted molar refractivity (Wildman–Crippen MR) is 81.0 cm³/mol. The van der Waals surface area contributed by atoms with E-state index in [1.165, 1.54) is 13.2 Å². The van der Waals surface area contributed by atoms with E-state index in [9.17, 15) is 4.39 Å². The molecule has 21 heavy (non-hydrogen) atoms. The van der Waals surface area contributed by atoms with E-state index >= 15 is 0 Å². The van der Waals surface area contributed by atoms with Crippen molar-refractivity contribution in [1.29, 1.82) is 0 Å². The van der Waals surface area contributed by atoms with Crippen LogP contribution < -0.4 is 10.1 Å². The molecule has 1 atom stereocenters. The van der Waals surface area contributed by atoms with Crippen molar-refractivity contribution in [1.82, 2.24) is 14.9 Å². The fraction of sp³-hybridized carbons (Fsp3) is 0.438. The van der Waals surface area contributed by atoms with Gasteiger partial charge in [0.1, 0.15) is 5.82 Å². The summed E-state index contributed by atoms with van der Waals surface area (Å²) in [6.07, 6.45) is 5.58. The first kappa shape index (κ1) is 15.5. The molecule has 0 spiro atoms. The van der Waals surface area contributed by atoms with Gasteiger partial charge in [-0.1, -0.05) is 13.0 Å². The summed E-state index contributed by atoms with van der Waals surface area (Å²) in [7, 11) is 3.34. The molecule has 0 radical (unpaired) electrons. The molecule has 1 N–H and O–H groups in total. The summed E-state index contributed by atoms with van der Waals surface area (Å²) in [5.41, 5.74) is 0.891. The quantitative estimate of drug-likeness (QED) is 0.852. The van der Waals surface area contributed by atoms with Gasteiger partial charge in [-0.3, -0.25) is 0 Å². The number of nitrogens with zero attached hydrogens (tertiary/aromatic N) is 2. The minimum absolute atomic E-state index is 0.0170. The largest absolute Gasteiger partial charge is 0.494 e. The molecule has 0 aliphatic carbocycles. The van der Waals surface area contributed by atoms with Gasteiger partial charge >= 0.3 is 0 Å². The second kappa shape index (κ2) is 7.22. The number of hydrogen-bond acceptors (Lipinski definition) is 3. The number of likely N-dealkylation sites (N-methyl/N-ethyl adjacent to an activating group) is 1. The smallest absolute Gasteiger partial charge is 0.165 e. The Bertz CT molecular complexity index is 583. The summed E-state index contributed by atoms with van der Waals surface area (Å²) in [5.74, 6) is 0.931. The molecule has 0 aliphatic heterocycles. The number of ether oxygens (including phenoxy) is 1.